The molecule has 0 saturated heterocycles. The van der Waals surface area contributed by atoms with Crippen molar-refractivity contribution in [1.29, 1.82) is 0 Å². The van der Waals surface area contributed by atoms with E-state index in [9.17, 15) is 13.2 Å². The first-order chi connectivity index (χ1) is 8.45. The van der Waals surface area contributed by atoms with Crippen molar-refractivity contribution in [1.82, 2.24) is 0 Å². The van der Waals surface area contributed by atoms with Gasteiger partial charge in [0.15, 0.2) is 0 Å². The molecule has 0 unspecified atom stereocenters. The van der Waals surface area contributed by atoms with Crippen LogP contribution in [-0.2, 0) is 6.18 Å². The van der Waals surface area contributed by atoms with Gasteiger partial charge in [0.25, 0.3) is 0 Å². The van der Waals surface area contributed by atoms with E-state index < -0.39 is 11.7 Å². The number of hydrogen-bond acceptors (Lipinski definition) is 2. The molecule has 3 N–H and O–H groups in total. The van der Waals surface area contributed by atoms with Crippen molar-refractivity contribution in [3.8, 4) is 0 Å². The highest BCUT2D eigenvalue weighted by Gasteiger charge is 2.30. The molecule has 0 bridgehead atoms. The van der Waals surface area contributed by atoms with Gasteiger partial charge in [-0.15, -0.1) is 0 Å². The van der Waals surface area contributed by atoms with Crippen LogP contribution < -0.4 is 11.1 Å². The van der Waals surface area contributed by atoms with E-state index in [1.807, 2.05) is 0 Å². The van der Waals surface area contributed by atoms with Gasteiger partial charge in [-0.1, -0.05) is 0 Å². The van der Waals surface area contributed by atoms with Crippen LogP contribution >= 0.6 is 0 Å². The Balaban J connectivity index is 1.94. The molecule has 1 saturated carbocycles. The van der Waals surface area contributed by atoms with Crippen LogP contribution in [-0.4, -0.2) is 12.1 Å². The lowest BCUT2D eigenvalue weighted by atomic mass is 9.91. The lowest BCUT2D eigenvalue weighted by molar-refractivity contribution is -0.137. The van der Waals surface area contributed by atoms with Crippen LogP contribution in [0.15, 0.2) is 24.3 Å². The Morgan fingerprint density at radius 3 is 2.06 bits per heavy atom. The lowest BCUT2D eigenvalue weighted by Gasteiger charge is -2.27. The predicted molar refractivity (Wildman–Crippen MR) is 65.3 cm³/mol. The maximum atomic E-state index is 12.4. The van der Waals surface area contributed by atoms with Gasteiger partial charge in [-0.3, -0.25) is 0 Å². The van der Waals surface area contributed by atoms with Gasteiger partial charge < -0.3 is 11.1 Å². The second-order valence-electron chi connectivity index (χ2n) is 4.83. The molecule has 1 aliphatic rings. The molecule has 2 rings (SSSR count). The lowest BCUT2D eigenvalue weighted by Crippen LogP contribution is -2.32. The van der Waals surface area contributed by atoms with Crippen LogP contribution in [0, 0.1) is 0 Å². The average molecular weight is 258 g/mol. The number of nitrogens with two attached hydrogens (primary N) is 1. The highest BCUT2D eigenvalue weighted by atomic mass is 19.4. The highest BCUT2D eigenvalue weighted by Crippen LogP contribution is 2.30. The fraction of sp³-hybridized carbons (Fsp3) is 0.538. The van der Waals surface area contributed by atoms with Crippen LogP contribution in [0.5, 0.6) is 0 Å². The Hall–Kier alpha value is -1.23. The van der Waals surface area contributed by atoms with Crippen molar-refractivity contribution in [2.75, 3.05) is 5.32 Å². The zero-order valence-corrected chi connectivity index (χ0v) is 10.0. The number of halogens is 3. The normalized spacial score (nSPS) is 24.9. The van der Waals surface area contributed by atoms with E-state index in [0.29, 0.717) is 6.04 Å². The van der Waals surface area contributed by atoms with Crippen molar-refractivity contribution in [3.05, 3.63) is 29.8 Å². The molecule has 0 spiro atoms. The van der Waals surface area contributed by atoms with E-state index in [2.05, 4.69) is 5.32 Å². The Morgan fingerprint density at radius 1 is 1.00 bits per heavy atom. The van der Waals surface area contributed by atoms with Crippen molar-refractivity contribution in [3.63, 3.8) is 0 Å². The molecule has 1 aromatic rings. The zero-order valence-electron chi connectivity index (χ0n) is 10.0. The van der Waals surface area contributed by atoms with Crippen LogP contribution in [0.1, 0.15) is 31.2 Å². The van der Waals surface area contributed by atoms with E-state index in [1.165, 1.54) is 12.1 Å². The van der Waals surface area contributed by atoms with E-state index in [0.717, 1.165) is 43.5 Å². The summed E-state index contributed by atoms with van der Waals surface area (Å²) in [6.07, 6.45) is -0.378. The van der Waals surface area contributed by atoms with Gasteiger partial charge in [0.2, 0.25) is 0 Å². The second kappa shape index (κ2) is 5.18. The molecule has 0 aromatic heterocycles. The molecule has 0 heterocycles. The van der Waals surface area contributed by atoms with Crippen molar-refractivity contribution in [2.24, 2.45) is 5.73 Å². The minimum atomic E-state index is -4.27. The number of nitrogens with one attached hydrogen (secondary N) is 1. The summed E-state index contributed by atoms with van der Waals surface area (Å²) in [5.41, 5.74) is 5.93. The minimum Gasteiger partial charge on any atom is -0.382 e. The topological polar surface area (TPSA) is 38.0 Å². The first kappa shape index (κ1) is 13.2. The fourth-order valence-corrected chi connectivity index (χ4v) is 2.25. The number of hydrogen-bond donors (Lipinski definition) is 2. The monoisotopic (exact) mass is 258 g/mol. The SMILES string of the molecule is NC1CCC(Nc2ccc(C(F)(F)F)cc2)CC1. The zero-order chi connectivity index (χ0) is 13.2. The van der Waals surface area contributed by atoms with Crippen LogP contribution in [0.3, 0.4) is 0 Å². The number of rotatable bonds is 2. The summed E-state index contributed by atoms with van der Waals surface area (Å²) in [7, 11) is 0. The molecule has 1 aliphatic carbocycles. The van der Waals surface area contributed by atoms with Gasteiger partial charge in [0.1, 0.15) is 0 Å². The Morgan fingerprint density at radius 2 is 1.56 bits per heavy atom. The van der Waals surface area contributed by atoms with E-state index in [4.69, 9.17) is 5.73 Å². The molecule has 5 heteroatoms. The Kier molecular flexibility index (Phi) is 3.80. The summed E-state index contributed by atoms with van der Waals surface area (Å²) < 4.78 is 37.2. The molecular formula is C13H17F3N2. The number of anilines is 1. The van der Waals surface area contributed by atoms with Crippen LogP contribution in [0.2, 0.25) is 0 Å². The van der Waals surface area contributed by atoms with Crippen molar-refractivity contribution < 1.29 is 13.2 Å². The van der Waals surface area contributed by atoms with Gasteiger partial charge in [0, 0.05) is 17.8 Å². The van der Waals surface area contributed by atoms with E-state index >= 15 is 0 Å². The summed E-state index contributed by atoms with van der Waals surface area (Å²) in [5, 5.41) is 3.26. The third kappa shape index (κ3) is 3.38. The first-order valence-corrected chi connectivity index (χ1v) is 6.14. The molecule has 1 aromatic carbocycles. The quantitative estimate of drug-likeness (QED) is 0.853. The minimum absolute atomic E-state index is 0.274. The largest absolute Gasteiger partial charge is 0.416 e. The van der Waals surface area contributed by atoms with Crippen LogP contribution in [0.4, 0.5) is 18.9 Å². The summed E-state index contributed by atoms with van der Waals surface area (Å²) in [5.74, 6) is 0. The molecule has 0 aliphatic heterocycles. The summed E-state index contributed by atoms with van der Waals surface area (Å²) >= 11 is 0. The van der Waals surface area contributed by atoms with Gasteiger partial charge >= 0.3 is 6.18 Å². The number of benzene rings is 1. The summed E-state index contributed by atoms with van der Waals surface area (Å²) in [4.78, 5) is 0. The maximum absolute atomic E-state index is 12.4. The Labute approximate surface area is 104 Å². The Bertz CT molecular complexity index is 378. The molecular weight excluding hydrogens is 241 g/mol. The predicted octanol–water partition coefficient (Wildman–Crippen LogP) is 3.39. The smallest absolute Gasteiger partial charge is 0.382 e. The molecule has 18 heavy (non-hydrogen) atoms. The average Bonchev–Trinajstić information content (AvgIpc) is 2.32. The van der Waals surface area contributed by atoms with Gasteiger partial charge in [-0.05, 0) is 49.9 Å². The molecule has 100 valence electrons. The molecule has 2 nitrogen and oxygen atoms in total. The molecule has 1 fully saturated rings. The van der Waals surface area contributed by atoms with E-state index in [1.54, 1.807) is 0 Å². The summed E-state index contributed by atoms with van der Waals surface area (Å²) in [6.45, 7) is 0. The molecule has 0 atom stereocenters. The maximum Gasteiger partial charge on any atom is 0.416 e. The van der Waals surface area contributed by atoms with Gasteiger partial charge in [0.05, 0.1) is 5.56 Å². The molecule has 0 radical (unpaired) electrons. The second-order valence-corrected chi connectivity index (χ2v) is 4.83. The third-order valence-corrected chi connectivity index (χ3v) is 3.35. The van der Waals surface area contributed by atoms with Crippen molar-refractivity contribution >= 4 is 5.69 Å². The molecule has 0 amide bonds. The fourth-order valence-electron chi connectivity index (χ4n) is 2.25. The highest BCUT2D eigenvalue weighted by molar-refractivity contribution is 5.46. The van der Waals surface area contributed by atoms with E-state index in [-0.39, 0.29) is 6.04 Å². The van der Waals surface area contributed by atoms with Crippen LogP contribution in [0.25, 0.3) is 0 Å². The third-order valence-electron chi connectivity index (χ3n) is 3.35. The number of alkyl halides is 3. The van der Waals surface area contributed by atoms with Crippen molar-refractivity contribution in [2.45, 2.75) is 43.9 Å². The first-order valence-electron chi connectivity index (χ1n) is 6.14. The standard InChI is InChI=1S/C13H17F3N2/c14-13(15,16)9-1-5-11(6-2-9)18-12-7-3-10(17)4-8-12/h1-2,5-6,10,12,18H,3-4,7-8,17H2. The van der Waals surface area contributed by atoms with Gasteiger partial charge in [-0.25, -0.2) is 0 Å². The summed E-state index contributed by atoms with van der Waals surface area (Å²) in [6, 6.07) is 5.78. The van der Waals surface area contributed by atoms with Gasteiger partial charge in [-0.2, -0.15) is 13.2 Å².